The molecule has 0 heterocycles. The Balaban J connectivity index is 3.18. The molecular formula is C7H3Cl3O2. The first-order valence-electron chi connectivity index (χ1n) is 2.90. The van der Waals surface area contributed by atoms with Crippen molar-refractivity contribution in [3.05, 3.63) is 27.2 Å². The average molecular weight is 225 g/mol. The Morgan fingerprint density at radius 2 is 1.67 bits per heavy atom. The molecule has 0 fully saturated rings. The molecule has 0 aromatic heterocycles. The second-order valence-corrected chi connectivity index (χ2v) is 3.16. The third-order valence-electron chi connectivity index (χ3n) is 1.13. The first-order valence-corrected chi connectivity index (χ1v) is 4.03. The highest BCUT2D eigenvalue weighted by molar-refractivity contribution is 6.40. The SMILES string of the molecule is O=COc1c(Cl)cc(Cl)cc1Cl. The molecule has 0 unspecified atom stereocenters. The van der Waals surface area contributed by atoms with Crippen LogP contribution in [0.15, 0.2) is 12.1 Å². The fraction of sp³-hybridized carbons (Fsp3) is 0. The summed E-state index contributed by atoms with van der Waals surface area (Å²) in [4.78, 5) is 9.99. The molecule has 0 aliphatic carbocycles. The van der Waals surface area contributed by atoms with Crippen LogP contribution in [-0.4, -0.2) is 6.47 Å². The van der Waals surface area contributed by atoms with Crippen molar-refractivity contribution >= 4 is 41.3 Å². The Kier molecular flexibility index (Phi) is 3.20. The van der Waals surface area contributed by atoms with Crippen molar-refractivity contribution < 1.29 is 9.53 Å². The summed E-state index contributed by atoms with van der Waals surface area (Å²) in [6.45, 7) is 0.251. The lowest BCUT2D eigenvalue weighted by Gasteiger charge is -2.03. The minimum atomic E-state index is 0.123. The number of rotatable bonds is 2. The third kappa shape index (κ3) is 2.03. The van der Waals surface area contributed by atoms with E-state index in [0.29, 0.717) is 5.02 Å². The molecule has 1 aromatic rings. The molecule has 12 heavy (non-hydrogen) atoms. The highest BCUT2D eigenvalue weighted by Gasteiger charge is 2.08. The summed E-state index contributed by atoms with van der Waals surface area (Å²) in [5.41, 5.74) is 0. The van der Waals surface area contributed by atoms with Crippen molar-refractivity contribution in [3.8, 4) is 5.75 Å². The number of halogens is 3. The van der Waals surface area contributed by atoms with E-state index in [1.165, 1.54) is 12.1 Å². The van der Waals surface area contributed by atoms with E-state index in [1.54, 1.807) is 0 Å². The lowest BCUT2D eigenvalue weighted by Crippen LogP contribution is -1.90. The summed E-state index contributed by atoms with van der Waals surface area (Å²) in [6.07, 6.45) is 0. The number of carbonyl (C=O) groups is 1. The van der Waals surface area contributed by atoms with Gasteiger partial charge in [0.2, 0.25) is 0 Å². The second-order valence-electron chi connectivity index (χ2n) is 1.91. The molecule has 0 aliphatic rings. The summed E-state index contributed by atoms with van der Waals surface area (Å²) in [7, 11) is 0. The van der Waals surface area contributed by atoms with Gasteiger partial charge in [0.15, 0.2) is 5.75 Å². The number of ether oxygens (including phenoxy) is 1. The molecule has 5 heteroatoms. The number of hydrogen-bond acceptors (Lipinski definition) is 2. The van der Waals surface area contributed by atoms with E-state index in [2.05, 4.69) is 4.74 Å². The van der Waals surface area contributed by atoms with Crippen molar-refractivity contribution in [2.24, 2.45) is 0 Å². The molecule has 1 aromatic carbocycles. The fourth-order valence-electron chi connectivity index (χ4n) is 0.690. The molecule has 0 amide bonds. The van der Waals surface area contributed by atoms with Crippen LogP contribution in [0.4, 0.5) is 0 Å². The smallest absolute Gasteiger partial charge is 0.298 e. The summed E-state index contributed by atoms with van der Waals surface area (Å²) in [6, 6.07) is 2.88. The standard InChI is InChI=1S/C7H3Cl3O2/c8-4-1-5(9)7(12-3-11)6(10)2-4/h1-3H. The second kappa shape index (κ2) is 3.99. The zero-order valence-corrected chi connectivity index (χ0v) is 7.95. The zero-order chi connectivity index (χ0) is 9.14. The van der Waals surface area contributed by atoms with Gasteiger partial charge in [0, 0.05) is 5.02 Å². The maximum absolute atomic E-state index is 9.99. The largest absolute Gasteiger partial charge is 0.426 e. The summed E-state index contributed by atoms with van der Waals surface area (Å²) >= 11 is 16.9. The Hall–Kier alpha value is -0.440. The summed E-state index contributed by atoms with van der Waals surface area (Å²) in [5, 5.41) is 0.808. The highest BCUT2D eigenvalue weighted by atomic mass is 35.5. The van der Waals surface area contributed by atoms with E-state index in [-0.39, 0.29) is 22.3 Å². The lowest BCUT2D eigenvalue weighted by atomic mass is 10.3. The van der Waals surface area contributed by atoms with E-state index >= 15 is 0 Å². The van der Waals surface area contributed by atoms with Crippen molar-refractivity contribution in [2.75, 3.05) is 0 Å². The predicted octanol–water partition coefficient (Wildman–Crippen LogP) is 3.18. The van der Waals surface area contributed by atoms with E-state index in [4.69, 9.17) is 34.8 Å². The predicted molar refractivity (Wildman–Crippen MR) is 48.2 cm³/mol. The van der Waals surface area contributed by atoms with Gasteiger partial charge in [-0.05, 0) is 12.1 Å². The Labute approximate surface area is 84.0 Å². The van der Waals surface area contributed by atoms with Gasteiger partial charge in [-0.1, -0.05) is 34.8 Å². The van der Waals surface area contributed by atoms with Crippen LogP contribution in [0.3, 0.4) is 0 Å². The van der Waals surface area contributed by atoms with E-state index in [9.17, 15) is 4.79 Å². The van der Waals surface area contributed by atoms with E-state index in [1.807, 2.05) is 0 Å². The lowest BCUT2D eigenvalue weighted by molar-refractivity contribution is -0.120. The van der Waals surface area contributed by atoms with Gasteiger partial charge in [-0.15, -0.1) is 0 Å². The van der Waals surface area contributed by atoms with Crippen LogP contribution in [0.5, 0.6) is 5.75 Å². The summed E-state index contributed by atoms with van der Waals surface area (Å²) in [5.74, 6) is 0.123. The van der Waals surface area contributed by atoms with Crippen molar-refractivity contribution in [1.82, 2.24) is 0 Å². The first-order chi connectivity index (χ1) is 5.65. The topological polar surface area (TPSA) is 26.3 Å². The Bertz CT molecular complexity index is 289. The van der Waals surface area contributed by atoms with Crippen LogP contribution < -0.4 is 4.74 Å². The third-order valence-corrected chi connectivity index (χ3v) is 1.91. The molecule has 0 spiro atoms. The monoisotopic (exact) mass is 224 g/mol. The average Bonchev–Trinajstić information content (AvgIpc) is 1.96. The van der Waals surface area contributed by atoms with Crippen molar-refractivity contribution in [1.29, 1.82) is 0 Å². The van der Waals surface area contributed by atoms with Crippen LogP contribution in [0.1, 0.15) is 0 Å². The van der Waals surface area contributed by atoms with Gasteiger partial charge >= 0.3 is 0 Å². The fourth-order valence-corrected chi connectivity index (χ4v) is 1.60. The van der Waals surface area contributed by atoms with Gasteiger partial charge in [-0.2, -0.15) is 0 Å². The molecule has 0 aliphatic heterocycles. The van der Waals surface area contributed by atoms with Gasteiger partial charge in [0.05, 0.1) is 10.0 Å². The van der Waals surface area contributed by atoms with Gasteiger partial charge in [-0.25, -0.2) is 0 Å². The highest BCUT2D eigenvalue weighted by Crippen LogP contribution is 2.35. The molecule has 2 nitrogen and oxygen atoms in total. The quantitative estimate of drug-likeness (QED) is 0.723. The maximum atomic E-state index is 9.99. The van der Waals surface area contributed by atoms with Crippen molar-refractivity contribution in [3.63, 3.8) is 0 Å². The number of carbonyl (C=O) groups excluding carboxylic acids is 1. The van der Waals surface area contributed by atoms with Crippen LogP contribution >= 0.6 is 34.8 Å². The maximum Gasteiger partial charge on any atom is 0.298 e. The molecule has 0 saturated carbocycles. The van der Waals surface area contributed by atoms with E-state index in [0.717, 1.165) is 0 Å². The van der Waals surface area contributed by atoms with Crippen molar-refractivity contribution in [2.45, 2.75) is 0 Å². The molecule has 0 bridgehead atoms. The Morgan fingerprint density at radius 3 is 2.08 bits per heavy atom. The molecule has 0 atom stereocenters. The molecule has 0 N–H and O–H groups in total. The molecule has 0 radical (unpaired) electrons. The van der Waals surface area contributed by atoms with Crippen LogP contribution in [0, 0.1) is 0 Å². The molecule has 1 rings (SSSR count). The minimum Gasteiger partial charge on any atom is -0.426 e. The van der Waals surface area contributed by atoms with Gasteiger partial charge in [-0.3, -0.25) is 4.79 Å². The first kappa shape index (κ1) is 9.65. The summed E-state index contributed by atoms with van der Waals surface area (Å²) < 4.78 is 4.52. The molecule has 0 saturated heterocycles. The molecular weight excluding hydrogens is 222 g/mol. The number of hydrogen-bond donors (Lipinski definition) is 0. The van der Waals surface area contributed by atoms with Crippen LogP contribution in [-0.2, 0) is 4.79 Å². The van der Waals surface area contributed by atoms with Gasteiger partial charge in [0.25, 0.3) is 6.47 Å². The minimum absolute atomic E-state index is 0.123. The normalized spacial score (nSPS) is 9.58. The van der Waals surface area contributed by atoms with Gasteiger partial charge < -0.3 is 4.74 Å². The molecule has 64 valence electrons. The number of benzene rings is 1. The van der Waals surface area contributed by atoms with Crippen LogP contribution in [0.25, 0.3) is 0 Å². The zero-order valence-electron chi connectivity index (χ0n) is 5.68. The van der Waals surface area contributed by atoms with E-state index < -0.39 is 0 Å². The van der Waals surface area contributed by atoms with Crippen LogP contribution in [0.2, 0.25) is 15.1 Å². The van der Waals surface area contributed by atoms with Gasteiger partial charge in [0.1, 0.15) is 0 Å². The Morgan fingerprint density at radius 1 is 1.17 bits per heavy atom.